The summed E-state index contributed by atoms with van der Waals surface area (Å²) >= 11 is 0. The number of anilines is 3. The minimum Gasteiger partial charge on any atom is -0.456 e. The molecule has 0 fully saturated rings. The van der Waals surface area contributed by atoms with Crippen LogP contribution >= 0.6 is 0 Å². The van der Waals surface area contributed by atoms with Gasteiger partial charge in [-0.15, -0.1) is 0 Å². The van der Waals surface area contributed by atoms with Crippen LogP contribution in [0.5, 0.6) is 0 Å². The maximum atomic E-state index is 6.59. The van der Waals surface area contributed by atoms with Crippen LogP contribution in [0.4, 0.5) is 17.1 Å². The van der Waals surface area contributed by atoms with Gasteiger partial charge in [0.05, 0.1) is 5.69 Å². The van der Waals surface area contributed by atoms with E-state index < -0.39 is 0 Å². The molecule has 3 heteroatoms. The first kappa shape index (κ1) is 36.5. The SMILES string of the molecule is c1ccc(-c2ccccc2-c2c(-c3ccccc3)cccc2N(c2ccc(-c3ccc4oc5ccccc5c4c3)cc2)c2cccc(-c3cccc4c3oc3ccccc34)c2)cc1. The Morgan fingerprint density at radius 2 is 0.810 bits per heavy atom. The molecule has 3 nitrogen and oxygen atoms in total. The zero-order valence-corrected chi connectivity index (χ0v) is 34.3. The minimum atomic E-state index is 0.886. The Labute approximate surface area is 365 Å². The number of para-hydroxylation sites is 3. The fraction of sp³-hybridized carbons (Fsp3) is 0. The van der Waals surface area contributed by atoms with Gasteiger partial charge in [-0.1, -0.05) is 182 Å². The monoisotopic (exact) mass is 805 g/mol. The van der Waals surface area contributed by atoms with Crippen LogP contribution in [0.1, 0.15) is 0 Å². The molecule has 0 aliphatic rings. The Morgan fingerprint density at radius 3 is 1.59 bits per heavy atom. The van der Waals surface area contributed by atoms with E-state index in [-0.39, 0.29) is 0 Å². The lowest BCUT2D eigenvalue weighted by molar-refractivity contribution is 0.669. The molecule has 0 aliphatic heterocycles. The first-order chi connectivity index (χ1) is 31.2. The van der Waals surface area contributed by atoms with Crippen LogP contribution in [0, 0.1) is 0 Å². The molecule has 12 aromatic rings. The van der Waals surface area contributed by atoms with E-state index in [9.17, 15) is 0 Å². The average molecular weight is 806 g/mol. The van der Waals surface area contributed by atoms with E-state index >= 15 is 0 Å². The number of furan rings is 2. The molecule has 0 N–H and O–H groups in total. The molecule has 0 saturated heterocycles. The normalized spacial score (nSPS) is 11.5. The van der Waals surface area contributed by atoms with Crippen LogP contribution in [0.2, 0.25) is 0 Å². The third kappa shape index (κ3) is 6.38. The van der Waals surface area contributed by atoms with Gasteiger partial charge in [-0.05, 0) is 99.1 Å². The average Bonchev–Trinajstić information content (AvgIpc) is 3.93. The summed E-state index contributed by atoms with van der Waals surface area (Å²) in [6.07, 6.45) is 0. The van der Waals surface area contributed by atoms with Crippen molar-refractivity contribution in [2.24, 2.45) is 0 Å². The van der Waals surface area contributed by atoms with E-state index in [1.807, 2.05) is 24.3 Å². The molecule has 0 aliphatic carbocycles. The number of hydrogen-bond acceptors (Lipinski definition) is 3. The van der Waals surface area contributed by atoms with E-state index in [1.54, 1.807) is 0 Å². The van der Waals surface area contributed by atoms with Gasteiger partial charge in [0, 0.05) is 44.0 Å². The fourth-order valence-corrected chi connectivity index (χ4v) is 9.36. The summed E-state index contributed by atoms with van der Waals surface area (Å²) < 4.78 is 12.8. The lowest BCUT2D eigenvalue weighted by Gasteiger charge is -2.30. The second kappa shape index (κ2) is 15.3. The Morgan fingerprint density at radius 1 is 0.270 bits per heavy atom. The third-order valence-electron chi connectivity index (χ3n) is 12.3. The van der Waals surface area contributed by atoms with E-state index in [1.165, 1.54) is 11.1 Å². The van der Waals surface area contributed by atoms with Crippen LogP contribution in [-0.2, 0) is 0 Å². The van der Waals surface area contributed by atoms with E-state index in [4.69, 9.17) is 8.83 Å². The maximum absolute atomic E-state index is 6.59. The highest BCUT2D eigenvalue weighted by Gasteiger charge is 2.24. The van der Waals surface area contributed by atoms with Gasteiger partial charge in [-0.2, -0.15) is 0 Å². The van der Waals surface area contributed by atoms with Crippen molar-refractivity contribution in [3.05, 3.63) is 237 Å². The van der Waals surface area contributed by atoms with Gasteiger partial charge < -0.3 is 13.7 Å². The summed E-state index contributed by atoms with van der Waals surface area (Å²) in [5, 5.41) is 4.46. The predicted octanol–water partition coefficient (Wildman–Crippen LogP) is 17.3. The van der Waals surface area contributed by atoms with Crippen molar-refractivity contribution in [2.75, 3.05) is 4.90 Å². The summed E-state index contributed by atoms with van der Waals surface area (Å²) in [5.41, 5.74) is 18.0. The van der Waals surface area contributed by atoms with Crippen molar-refractivity contribution in [1.29, 1.82) is 0 Å². The van der Waals surface area contributed by atoms with Gasteiger partial charge in [0.15, 0.2) is 0 Å². The summed E-state index contributed by atoms with van der Waals surface area (Å²) in [5.74, 6) is 0. The second-order valence-corrected chi connectivity index (χ2v) is 16.0. The van der Waals surface area contributed by atoms with Crippen LogP contribution in [0.3, 0.4) is 0 Å². The van der Waals surface area contributed by atoms with Crippen LogP contribution < -0.4 is 4.90 Å². The molecule has 0 spiro atoms. The summed E-state index contributed by atoms with van der Waals surface area (Å²) in [6.45, 7) is 0. The van der Waals surface area contributed by atoms with Gasteiger partial charge >= 0.3 is 0 Å². The molecular weight excluding hydrogens is 767 g/mol. The Kier molecular flexibility index (Phi) is 8.83. The van der Waals surface area contributed by atoms with Gasteiger partial charge in [0.25, 0.3) is 0 Å². The van der Waals surface area contributed by atoms with Crippen molar-refractivity contribution in [3.8, 4) is 55.6 Å². The molecule has 0 saturated carbocycles. The molecular formula is C60H39NO2. The standard InChI is InChI=1S/C60H39NO2/c1-3-16-41(17-4-1)47-22-7-8-25-52(47)59-48(42-18-5-2-6-19-42)26-15-29-55(59)61(45-35-32-40(33-36-45)43-34-37-58-54(39-43)51-24-10-11-30-56(51)62-58)46-21-13-20-44(38-46)49-27-14-28-53-50-23-9-12-31-57(50)63-60(49)53/h1-39H. The number of benzene rings is 10. The summed E-state index contributed by atoms with van der Waals surface area (Å²) in [6, 6.07) is 84.3. The van der Waals surface area contributed by atoms with Crippen molar-refractivity contribution >= 4 is 60.9 Å². The highest BCUT2D eigenvalue weighted by atomic mass is 16.3. The van der Waals surface area contributed by atoms with E-state index in [0.717, 1.165) is 105 Å². The molecule has 0 unspecified atom stereocenters. The number of hydrogen-bond donors (Lipinski definition) is 0. The first-order valence-corrected chi connectivity index (χ1v) is 21.4. The zero-order valence-electron chi connectivity index (χ0n) is 34.3. The van der Waals surface area contributed by atoms with E-state index in [0.29, 0.717) is 0 Å². The highest BCUT2D eigenvalue weighted by molar-refractivity contribution is 6.10. The topological polar surface area (TPSA) is 29.5 Å². The molecule has 63 heavy (non-hydrogen) atoms. The number of fused-ring (bicyclic) bond motifs is 6. The third-order valence-corrected chi connectivity index (χ3v) is 12.3. The number of nitrogens with zero attached hydrogens (tertiary/aromatic N) is 1. The van der Waals surface area contributed by atoms with Crippen molar-refractivity contribution in [1.82, 2.24) is 0 Å². The lowest BCUT2D eigenvalue weighted by Crippen LogP contribution is -2.12. The van der Waals surface area contributed by atoms with Crippen molar-refractivity contribution in [2.45, 2.75) is 0 Å². The van der Waals surface area contributed by atoms with Gasteiger partial charge in [0.2, 0.25) is 0 Å². The summed E-state index contributed by atoms with van der Waals surface area (Å²) in [7, 11) is 0. The minimum absolute atomic E-state index is 0.886. The maximum Gasteiger partial charge on any atom is 0.143 e. The van der Waals surface area contributed by atoms with Crippen LogP contribution in [0.25, 0.3) is 99.5 Å². The predicted molar refractivity (Wildman–Crippen MR) is 263 cm³/mol. The lowest BCUT2D eigenvalue weighted by atomic mass is 9.87. The van der Waals surface area contributed by atoms with Crippen molar-refractivity contribution < 1.29 is 8.83 Å². The fourth-order valence-electron chi connectivity index (χ4n) is 9.36. The molecule has 2 heterocycles. The largest absolute Gasteiger partial charge is 0.456 e. The molecule has 10 aromatic carbocycles. The van der Waals surface area contributed by atoms with E-state index in [2.05, 4.69) is 217 Å². The quantitative estimate of drug-likeness (QED) is 0.153. The molecule has 296 valence electrons. The molecule has 0 radical (unpaired) electrons. The number of rotatable bonds is 8. The highest BCUT2D eigenvalue weighted by Crippen LogP contribution is 2.49. The zero-order chi connectivity index (χ0) is 41.7. The van der Waals surface area contributed by atoms with Crippen LogP contribution in [-0.4, -0.2) is 0 Å². The first-order valence-electron chi connectivity index (χ1n) is 21.4. The van der Waals surface area contributed by atoms with Gasteiger partial charge in [-0.25, -0.2) is 0 Å². The molecule has 2 aromatic heterocycles. The van der Waals surface area contributed by atoms with Gasteiger partial charge in [0.1, 0.15) is 22.3 Å². The second-order valence-electron chi connectivity index (χ2n) is 16.0. The Hall–Kier alpha value is -8.40. The molecule has 0 bridgehead atoms. The molecule has 0 amide bonds. The van der Waals surface area contributed by atoms with Crippen molar-refractivity contribution in [3.63, 3.8) is 0 Å². The Bertz CT molecular complexity index is 3620. The van der Waals surface area contributed by atoms with Crippen LogP contribution in [0.15, 0.2) is 245 Å². The molecule has 0 atom stereocenters. The summed E-state index contributed by atoms with van der Waals surface area (Å²) in [4.78, 5) is 2.42. The smallest absolute Gasteiger partial charge is 0.143 e. The van der Waals surface area contributed by atoms with Gasteiger partial charge in [-0.3, -0.25) is 0 Å². The Balaban J connectivity index is 1.08. The molecule has 12 rings (SSSR count).